The first-order chi connectivity index (χ1) is 9.13. The van der Waals surface area contributed by atoms with Crippen LogP contribution in [-0.2, 0) is 0 Å². The molecule has 1 aromatic carbocycles. The summed E-state index contributed by atoms with van der Waals surface area (Å²) in [6.07, 6.45) is 0.833. The van der Waals surface area contributed by atoms with Gasteiger partial charge >= 0.3 is 22.0 Å². The van der Waals surface area contributed by atoms with E-state index >= 15 is 0 Å². The third-order valence-electron chi connectivity index (χ3n) is 0.936. The van der Waals surface area contributed by atoms with Crippen molar-refractivity contribution >= 4 is 28.2 Å². The molecule has 9 N–H and O–H groups in total. The first-order valence-corrected chi connectivity index (χ1v) is 4.76. The minimum atomic E-state index is -2.17. The highest BCUT2D eigenvalue weighted by atomic mass is 16.5. The number of benzene rings is 1. The van der Waals surface area contributed by atoms with Gasteiger partial charge in [-0.1, -0.05) is 30.3 Å². The van der Waals surface area contributed by atoms with E-state index in [1.54, 1.807) is 12.1 Å². The molecule has 10 nitrogen and oxygen atoms in total. The van der Waals surface area contributed by atoms with Gasteiger partial charge in [0.2, 0.25) is 0 Å². The molecule has 20 heavy (non-hydrogen) atoms. The minimum Gasteiger partial charge on any atom is -0.402 e. The Bertz CT molecular complexity index is 274. The fourth-order valence-electron chi connectivity index (χ4n) is 0.532. The SMILES string of the molecule is O=Cc1ccccc1.OB(O)O.OB(O)O.OB(O)O. The monoisotopic (exact) mass is 292 g/mol. The van der Waals surface area contributed by atoms with Crippen LogP contribution in [0.4, 0.5) is 0 Å². The number of rotatable bonds is 1. The molecular formula is C7H15B3O10. The smallest absolute Gasteiger partial charge is 0.402 e. The average Bonchev–Trinajstić information content (AvgIpc) is 2.28. The van der Waals surface area contributed by atoms with Crippen molar-refractivity contribution in [3.63, 3.8) is 0 Å². The molecule has 0 unspecified atom stereocenters. The number of aldehydes is 1. The van der Waals surface area contributed by atoms with Gasteiger partial charge in [0.1, 0.15) is 6.29 Å². The molecular weight excluding hydrogens is 277 g/mol. The Morgan fingerprint density at radius 1 is 0.650 bits per heavy atom. The molecule has 0 saturated carbocycles. The lowest BCUT2D eigenvalue weighted by Gasteiger charge is -1.81. The fraction of sp³-hybridized carbons (Fsp3) is 0. The van der Waals surface area contributed by atoms with Gasteiger partial charge in [-0.15, -0.1) is 0 Å². The van der Waals surface area contributed by atoms with Crippen LogP contribution < -0.4 is 0 Å². The van der Waals surface area contributed by atoms with Crippen LogP contribution in [0.5, 0.6) is 0 Å². The van der Waals surface area contributed by atoms with Gasteiger partial charge in [0.05, 0.1) is 0 Å². The molecule has 0 fully saturated rings. The second-order valence-electron chi connectivity index (χ2n) is 2.57. The summed E-state index contributed by atoms with van der Waals surface area (Å²) < 4.78 is 0. The molecule has 0 bridgehead atoms. The second-order valence-corrected chi connectivity index (χ2v) is 2.57. The summed E-state index contributed by atoms with van der Waals surface area (Å²) in [4.78, 5) is 10.0. The molecule has 0 aromatic heterocycles. The number of hydrogen-bond donors (Lipinski definition) is 9. The van der Waals surface area contributed by atoms with E-state index in [-0.39, 0.29) is 0 Å². The quantitative estimate of drug-likeness (QED) is 0.179. The standard InChI is InChI=1S/C7H6O.3BH3O3/c8-6-7-4-2-1-3-5-7;3*2-1(3)4/h1-6H;3*2-4H. The van der Waals surface area contributed by atoms with E-state index in [1.165, 1.54) is 0 Å². The van der Waals surface area contributed by atoms with Crippen LogP contribution in [0.2, 0.25) is 0 Å². The van der Waals surface area contributed by atoms with Crippen molar-refractivity contribution in [3.8, 4) is 0 Å². The lowest BCUT2D eigenvalue weighted by atomic mass is 10.2. The highest BCUT2D eigenvalue weighted by Crippen LogP contribution is 1.91. The molecule has 112 valence electrons. The van der Waals surface area contributed by atoms with Crippen molar-refractivity contribution in [2.24, 2.45) is 0 Å². The fourth-order valence-corrected chi connectivity index (χ4v) is 0.532. The van der Waals surface area contributed by atoms with Crippen molar-refractivity contribution in [1.82, 2.24) is 0 Å². The first-order valence-electron chi connectivity index (χ1n) is 4.76. The lowest BCUT2D eigenvalue weighted by molar-refractivity contribution is 0.112. The highest BCUT2D eigenvalue weighted by molar-refractivity contribution is 6.31. The van der Waals surface area contributed by atoms with Gasteiger partial charge in [-0.2, -0.15) is 0 Å². The van der Waals surface area contributed by atoms with Gasteiger partial charge in [0.15, 0.2) is 0 Å². The van der Waals surface area contributed by atoms with Gasteiger partial charge in [-0.05, 0) is 0 Å². The van der Waals surface area contributed by atoms with Gasteiger partial charge in [0.25, 0.3) is 0 Å². The van der Waals surface area contributed by atoms with Crippen LogP contribution in [0.1, 0.15) is 10.4 Å². The van der Waals surface area contributed by atoms with Crippen molar-refractivity contribution in [1.29, 1.82) is 0 Å². The summed E-state index contributed by atoms with van der Waals surface area (Å²) in [6.45, 7) is 0. The second kappa shape index (κ2) is 17.7. The summed E-state index contributed by atoms with van der Waals surface area (Å²) in [5.41, 5.74) is 0.729. The highest BCUT2D eigenvalue weighted by Gasteiger charge is 1.93. The van der Waals surface area contributed by atoms with Gasteiger partial charge < -0.3 is 45.2 Å². The zero-order valence-corrected chi connectivity index (χ0v) is 10.1. The molecule has 0 aliphatic heterocycles. The average molecular weight is 292 g/mol. The molecule has 0 saturated heterocycles. The molecule has 0 amide bonds. The third-order valence-corrected chi connectivity index (χ3v) is 0.936. The van der Waals surface area contributed by atoms with E-state index in [0.29, 0.717) is 0 Å². The summed E-state index contributed by atoms with van der Waals surface area (Å²) >= 11 is 0. The zero-order valence-electron chi connectivity index (χ0n) is 10.1. The summed E-state index contributed by atoms with van der Waals surface area (Å²) in [6, 6.07) is 9.10. The maximum absolute atomic E-state index is 10.0. The topological polar surface area (TPSA) is 199 Å². The van der Waals surface area contributed by atoms with Crippen LogP contribution >= 0.6 is 0 Å². The number of hydrogen-bond acceptors (Lipinski definition) is 10. The third kappa shape index (κ3) is 54.3. The van der Waals surface area contributed by atoms with Gasteiger partial charge in [0, 0.05) is 5.56 Å². The molecule has 0 spiro atoms. The largest absolute Gasteiger partial charge is 0.631 e. The Kier molecular flexibility index (Phi) is 21.1. The Labute approximate surface area is 115 Å². The van der Waals surface area contributed by atoms with Crippen LogP contribution in [-0.4, -0.2) is 73.5 Å². The Hall–Kier alpha value is -1.28. The van der Waals surface area contributed by atoms with Crippen LogP contribution in [0.25, 0.3) is 0 Å². The van der Waals surface area contributed by atoms with Gasteiger partial charge in [-0.3, -0.25) is 4.79 Å². The summed E-state index contributed by atoms with van der Waals surface area (Å²) in [7, 11) is -6.50. The van der Waals surface area contributed by atoms with Crippen molar-refractivity contribution < 1.29 is 50.0 Å². The zero-order chi connectivity index (χ0) is 16.6. The maximum atomic E-state index is 10.0. The Balaban J connectivity index is -0.000000209. The predicted octanol–water partition coefficient (Wildman–Crippen LogP) is -4.66. The number of carbonyl (C=O) groups excluding carboxylic acids is 1. The molecule has 0 aliphatic rings. The Morgan fingerprint density at radius 3 is 1.05 bits per heavy atom. The molecule has 13 heteroatoms. The van der Waals surface area contributed by atoms with Crippen LogP contribution in [0, 0.1) is 0 Å². The molecule has 0 aliphatic carbocycles. The predicted molar refractivity (Wildman–Crippen MR) is 69.1 cm³/mol. The maximum Gasteiger partial charge on any atom is 0.631 e. The number of carbonyl (C=O) groups is 1. The van der Waals surface area contributed by atoms with E-state index in [9.17, 15) is 4.79 Å². The molecule has 0 heterocycles. The van der Waals surface area contributed by atoms with Crippen molar-refractivity contribution in [2.45, 2.75) is 0 Å². The molecule has 1 rings (SSSR count). The first kappa shape index (κ1) is 23.8. The van der Waals surface area contributed by atoms with E-state index in [0.717, 1.165) is 11.8 Å². The van der Waals surface area contributed by atoms with E-state index in [4.69, 9.17) is 45.2 Å². The van der Waals surface area contributed by atoms with Crippen molar-refractivity contribution in [2.75, 3.05) is 0 Å². The van der Waals surface area contributed by atoms with E-state index < -0.39 is 22.0 Å². The molecule has 0 atom stereocenters. The van der Waals surface area contributed by atoms with Crippen LogP contribution in [0.15, 0.2) is 30.3 Å². The van der Waals surface area contributed by atoms with E-state index in [1.807, 2.05) is 18.2 Å². The Morgan fingerprint density at radius 2 is 0.900 bits per heavy atom. The van der Waals surface area contributed by atoms with Crippen LogP contribution in [0.3, 0.4) is 0 Å². The summed E-state index contributed by atoms with van der Waals surface area (Å²) in [5.74, 6) is 0. The van der Waals surface area contributed by atoms with E-state index in [2.05, 4.69) is 0 Å². The molecule has 0 radical (unpaired) electrons. The minimum absolute atomic E-state index is 0.729. The molecule has 1 aromatic rings. The van der Waals surface area contributed by atoms with Crippen molar-refractivity contribution in [3.05, 3.63) is 35.9 Å². The summed E-state index contributed by atoms with van der Waals surface area (Å²) in [5, 5.41) is 64.5. The normalized spacial score (nSPS) is 7.45. The lowest BCUT2D eigenvalue weighted by Crippen LogP contribution is -2.07. The van der Waals surface area contributed by atoms with Gasteiger partial charge in [-0.25, -0.2) is 0 Å².